The van der Waals surface area contributed by atoms with Crippen molar-refractivity contribution in [3.05, 3.63) is 33.1 Å². The summed E-state index contributed by atoms with van der Waals surface area (Å²) in [5.41, 5.74) is 5.95. The van der Waals surface area contributed by atoms with E-state index in [2.05, 4.69) is 0 Å². The van der Waals surface area contributed by atoms with E-state index in [1.165, 1.54) is 6.07 Å². The Labute approximate surface area is 90.1 Å². The zero-order valence-corrected chi connectivity index (χ0v) is 9.32. The van der Waals surface area contributed by atoms with Crippen molar-refractivity contribution in [3.8, 4) is 0 Å². The van der Waals surface area contributed by atoms with Gasteiger partial charge in [-0.25, -0.2) is 4.39 Å². The second kappa shape index (κ2) is 4.34. The van der Waals surface area contributed by atoms with Gasteiger partial charge in [-0.2, -0.15) is 0 Å². The van der Waals surface area contributed by atoms with Gasteiger partial charge in [-0.3, -0.25) is 0 Å². The van der Waals surface area contributed by atoms with E-state index >= 15 is 0 Å². The summed E-state index contributed by atoms with van der Waals surface area (Å²) in [6, 6.07) is 4.12. The molecule has 0 fully saturated rings. The van der Waals surface area contributed by atoms with Gasteiger partial charge >= 0.3 is 0 Å². The second-order valence-corrected chi connectivity index (χ2v) is 4.18. The first-order valence-electron chi connectivity index (χ1n) is 3.91. The summed E-state index contributed by atoms with van der Waals surface area (Å²) in [6.45, 7) is 1.54. The smallest absolute Gasteiger partial charge is 0.129 e. The summed E-state index contributed by atoms with van der Waals surface area (Å²) in [7, 11) is 0. The molecule has 0 spiro atoms. The zero-order valence-electron chi connectivity index (χ0n) is 7.17. The molecule has 0 unspecified atom stereocenters. The Balaban J connectivity index is 3.01. The molecule has 1 aromatic carbocycles. The third kappa shape index (κ3) is 2.62. The highest BCUT2D eigenvalue weighted by atomic mass is 127. The van der Waals surface area contributed by atoms with E-state index < -0.39 is 12.1 Å². The van der Waals surface area contributed by atoms with Crippen LogP contribution in [0.5, 0.6) is 0 Å². The Morgan fingerprint density at radius 1 is 1.54 bits per heavy atom. The molecule has 0 aliphatic heterocycles. The van der Waals surface area contributed by atoms with Crippen LogP contribution in [0.4, 0.5) is 4.39 Å². The van der Waals surface area contributed by atoms with Gasteiger partial charge in [0.1, 0.15) is 5.82 Å². The minimum atomic E-state index is -0.741. The number of benzene rings is 1. The van der Waals surface area contributed by atoms with Gasteiger partial charge in [0.15, 0.2) is 0 Å². The number of hydrogen-bond acceptors (Lipinski definition) is 2. The number of hydrogen-bond donors (Lipinski definition) is 2. The van der Waals surface area contributed by atoms with Crippen molar-refractivity contribution in [2.24, 2.45) is 5.73 Å². The quantitative estimate of drug-likeness (QED) is 0.817. The van der Waals surface area contributed by atoms with Crippen molar-refractivity contribution in [2.75, 3.05) is 0 Å². The molecule has 0 aliphatic carbocycles. The molecule has 1 rings (SSSR count). The second-order valence-electron chi connectivity index (χ2n) is 2.93. The molecule has 2 nitrogen and oxygen atoms in total. The molecule has 0 radical (unpaired) electrons. The maximum atomic E-state index is 13.3. The predicted molar refractivity (Wildman–Crippen MR) is 57.7 cm³/mol. The lowest BCUT2D eigenvalue weighted by molar-refractivity contribution is 0.162. The summed E-state index contributed by atoms with van der Waals surface area (Å²) < 4.78 is 14.1. The lowest BCUT2D eigenvalue weighted by atomic mass is 10.0. The highest BCUT2D eigenvalue weighted by molar-refractivity contribution is 14.1. The topological polar surface area (TPSA) is 46.2 Å². The molecule has 13 heavy (non-hydrogen) atoms. The summed E-state index contributed by atoms with van der Waals surface area (Å²) in [5, 5.41) is 9.17. The summed E-state index contributed by atoms with van der Waals surface area (Å²) >= 11 is 2.02. The van der Waals surface area contributed by atoms with Crippen LogP contribution in [-0.4, -0.2) is 11.2 Å². The SMILES string of the molecule is C[C@H](O)[C@@H](N)c1ccc(I)cc1F. The number of nitrogens with two attached hydrogens (primary N) is 1. The van der Waals surface area contributed by atoms with Crippen molar-refractivity contribution >= 4 is 22.6 Å². The maximum absolute atomic E-state index is 13.3. The summed E-state index contributed by atoms with van der Waals surface area (Å²) in [4.78, 5) is 0. The van der Waals surface area contributed by atoms with E-state index in [9.17, 15) is 9.50 Å². The van der Waals surface area contributed by atoms with Crippen LogP contribution in [0.3, 0.4) is 0 Å². The molecule has 0 heterocycles. The molecule has 2 atom stereocenters. The Bertz CT molecular complexity index is 304. The van der Waals surface area contributed by atoms with E-state index in [1.54, 1.807) is 19.1 Å². The maximum Gasteiger partial charge on any atom is 0.129 e. The third-order valence-electron chi connectivity index (χ3n) is 1.84. The van der Waals surface area contributed by atoms with Crippen LogP contribution in [0.2, 0.25) is 0 Å². The van der Waals surface area contributed by atoms with E-state index in [0.717, 1.165) is 3.57 Å². The Hall–Kier alpha value is -0.200. The van der Waals surface area contributed by atoms with Gasteiger partial charge in [-0.05, 0) is 41.6 Å². The van der Waals surface area contributed by atoms with E-state index in [4.69, 9.17) is 5.73 Å². The molecule has 0 saturated heterocycles. The minimum absolute atomic E-state index is 0.357. The zero-order chi connectivity index (χ0) is 10.0. The lowest BCUT2D eigenvalue weighted by Gasteiger charge is -2.15. The van der Waals surface area contributed by atoms with Gasteiger partial charge < -0.3 is 10.8 Å². The average molecular weight is 295 g/mol. The highest BCUT2D eigenvalue weighted by Gasteiger charge is 2.15. The molecule has 0 aliphatic rings. The fourth-order valence-electron chi connectivity index (χ4n) is 1.03. The fraction of sp³-hybridized carbons (Fsp3) is 0.333. The molecule has 3 N–H and O–H groups in total. The van der Waals surface area contributed by atoms with Crippen molar-refractivity contribution in [3.63, 3.8) is 0 Å². The van der Waals surface area contributed by atoms with Crippen molar-refractivity contribution in [2.45, 2.75) is 19.1 Å². The Morgan fingerprint density at radius 3 is 2.62 bits per heavy atom. The largest absolute Gasteiger partial charge is 0.391 e. The molecular formula is C9H11FINO. The number of rotatable bonds is 2. The van der Waals surface area contributed by atoms with Gasteiger partial charge in [0.2, 0.25) is 0 Å². The van der Waals surface area contributed by atoms with Crippen LogP contribution in [0, 0.1) is 9.39 Å². The van der Waals surface area contributed by atoms with Crippen molar-refractivity contribution in [1.29, 1.82) is 0 Å². The summed E-state index contributed by atoms with van der Waals surface area (Å²) in [6.07, 6.45) is -0.741. The summed E-state index contributed by atoms with van der Waals surface area (Å²) in [5.74, 6) is -0.361. The van der Waals surface area contributed by atoms with Gasteiger partial charge in [0, 0.05) is 9.13 Å². The van der Waals surface area contributed by atoms with Crippen LogP contribution < -0.4 is 5.73 Å². The molecule has 0 aromatic heterocycles. The van der Waals surface area contributed by atoms with E-state index in [0.29, 0.717) is 5.56 Å². The van der Waals surface area contributed by atoms with Crippen LogP contribution in [0.25, 0.3) is 0 Å². The molecular weight excluding hydrogens is 284 g/mol. The number of halogens is 2. The third-order valence-corrected chi connectivity index (χ3v) is 2.51. The fourth-order valence-corrected chi connectivity index (χ4v) is 1.48. The molecule has 4 heteroatoms. The number of aliphatic hydroxyl groups excluding tert-OH is 1. The van der Waals surface area contributed by atoms with Crippen LogP contribution >= 0.6 is 22.6 Å². The standard InChI is InChI=1S/C9H11FINO/c1-5(13)9(12)7-3-2-6(11)4-8(7)10/h2-5,9,13H,12H2,1H3/t5-,9+/m0/s1. The molecule has 0 amide bonds. The monoisotopic (exact) mass is 295 g/mol. The predicted octanol–water partition coefficient (Wildman–Crippen LogP) is 1.81. The first kappa shape index (κ1) is 10.9. The molecule has 0 bridgehead atoms. The Morgan fingerprint density at radius 2 is 2.15 bits per heavy atom. The van der Waals surface area contributed by atoms with Crippen molar-refractivity contribution < 1.29 is 9.50 Å². The van der Waals surface area contributed by atoms with Gasteiger partial charge in [0.25, 0.3) is 0 Å². The average Bonchev–Trinajstić information content (AvgIpc) is 2.03. The minimum Gasteiger partial charge on any atom is -0.391 e. The molecule has 1 aromatic rings. The van der Waals surface area contributed by atoms with E-state index in [-0.39, 0.29) is 5.82 Å². The molecule has 72 valence electrons. The number of aliphatic hydroxyl groups is 1. The van der Waals surface area contributed by atoms with Gasteiger partial charge in [-0.1, -0.05) is 6.07 Å². The van der Waals surface area contributed by atoms with Gasteiger partial charge in [-0.15, -0.1) is 0 Å². The first-order valence-corrected chi connectivity index (χ1v) is 4.99. The lowest BCUT2D eigenvalue weighted by Crippen LogP contribution is -2.24. The van der Waals surface area contributed by atoms with Crippen molar-refractivity contribution in [1.82, 2.24) is 0 Å². The highest BCUT2D eigenvalue weighted by Crippen LogP contribution is 2.19. The normalized spacial score (nSPS) is 15.5. The molecule has 0 saturated carbocycles. The van der Waals surface area contributed by atoms with Crippen LogP contribution in [-0.2, 0) is 0 Å². The van der Waals surface area contributed by atoms with Crippen LogP contribution in [0.1, 0.15) is 18.5 Å². The van der Waals surface area contributed by atoms with E-state index in [1.807, 2.05) is 22.6 Å². The van der Waals surface area contributed by atoms with Crippen LogP contribution in [0.15, 0.2) is 18.2 Å². The Kier molecular flexibility index (Phi) is 3.63. The first-order chi connectivity index (χ1) is 6.02. The van der Waals surface area contributed by atoms with Gasteiger partial charge in [0.05, 0.1) is 12.1 Å².